The molecule has 0 atom stereocenters. The molecule has 0 fully saturated rings. The van der Waals surface area contributed by atoms with Crippen LogP contribution in [0.15, 0.2) is 29.2 Å². The van der Waals surface area contributed by atoms with Gasteiger partial charge in [0.05, 0.1) is 24.8 Å². The van der Waals surface area contributed by atoms with Crippen LogP contribution in [0.4, 0.5) is 5.69 Å². The van der Waals surface area contributed by atoms with Gasteiger partial charge in [-0.15, -0.1) is 5.23 Å². The van der Waals surface area contributed by atoms with Crippen LogP contribution in [0, 0.1) is 0 Å². The van der Waals surface area contributed by atoms with E-state index in [0.29, 0.717) is 5.69 Å². The normalized spacial score (nSPS) is 11.4. The van der Waals surface area contributed by atoms with Crippen LogP contribution < -0.4 is 5.23 Å². The van der Waals surface area contributed by atoms with Crippen molar-refractivity contribution in [1.29, 1.82) is 0 Å². The molecule has 0 aliphatic carbocycles. The molecule has 0 aliphatic rings. The Labute approximate surface area is 87.7 Å². The van der Waals surface area contributed by atoms with E-state index in [1.54, 1.807) is 0 Å². The third kappa shape index (κ3) is 2.90. The predicted molar refractivity (Wildman–Crippen MR) is 52.8 cm³/mol. The standard InChI is InChI=1S/C8H11NO5S/c1-13-9(14-2)7-3-5-8(6-4-7)15(10,11)12/h3-6H,1-2H3,(H,10,11,12). The second-order valence-corrected chi connectivity index (χ2v) is 4.01. The van der Waals surface area contributed by atoms with E-state index < -0.39 is 10.1 Å². The fourth-order valence-corrected chi connectivity index (χ4v) is 1.51. The molecule has 1 rings (SSSR count). The number of anilines is 1. The summed E-state index contributed by atoms with van der Waals surface area (Å²) in [5, 5.41) is 1.09. The molecule has 0 saturated carbocycles. The van der Waals surface area contributed by atoms with Crippen LogP contribution in [-0.2, 0) is 19.8 Å². The largest absolute Gasteiger partial charge is 0.294 e. The van der Waals surface area contributed by atoms with Gasteiger partial charge in [-0.2, -0.15) is 8.42 Å². The van der Waals surface area contributed by atoms with Gasteiger partial charge >= 0.3 is 0 Å². The molecule has 0 unspecified atom stereocenters. The van der Waals surface area contributed by atoms with Gasteiger partial charge in [-0.1, -0.05) is 0 Å². The maximum atomic E-state index is 10.7. The van der Waals surface area contributed by atoms with Crippen LogP contribution in [0.1, 0.15) is 0 Å². The molecule has 6 nitrogen and oxygen atoms in total. The molecule has 0 aromatic heterocycles. The fourth-order valence-electron chi connectivity index (χ4n) is 1.03. The lowest BCUT2D eigenvalue weighted by Gasteiger charge is -2.17. The maximum absolute atomic E-state index is 10.7. The van der Waals surface area contributed by atoms with Crippen molar-refractivity contribution < 1.29 is 22.6 Å². The maximum Gasteiger partial charge on any atom is 0.294 e. The lowest BCUT2D eigenvalue weighted by atomic mass is 10.3. The lowest BCUT2D eigenvalue weighted by Crippen LogP contribution is -2.19. The summed E-state index contributed by atoms with van der Waals surface area (Å²) in [7, 11) is -1.35. The molecule has 0 spiro atoms. The summed E-state index contributed by atoms with van der Waals surface area (Å²) in [6.07, 6.45) is 0. The monoisotopic (exact) mass is 233 g/mol. The van der Waals surface area contributed by atoms with Gasteiger partial charge in [0.15, 0.2) is 0 Å². The molecule has 1 aromatic rings. The third-order valence-corrected chi connectivity index (χ3v) is 2.54. The summed E-state index contributed by atoms with van der Waals surface area (Å²) < 4.78 is 30.2. The summed E-state index contributed by atoms with van der Waals surface area (Å²) >= 11 is 0. The Morgan fingerprint density at radius 3 is 1.93 bits per heavy atom. The molecular formula is C8H11NO5S. The molecule has 0 amide bonds. The Morgan fingerprint density at radius 1 is 1.13 bits per heavy atom. The first-order chi connectivity index (χ1) is 6.99. The average Bonchev–Trinajstić information content (AvgIpc) is 2.19. The van der Waals surface area contributed by atoms with Crippen LogP contribution >= 0.6 is 0 Å². The van der Waals surface area contributed by atoms with E-state index in [9.17, 15) is 8.42 Å². The SMILES string of the molecule is CON(OC)c1ccc(S(=O)(=O)O)cc1. The lowest BCUT2D eigenvalue weighted by molar-refractivity contribution is -0.0433. The van der Waals surface area contributed by atoms with Crippen LogP contribution in [0.25, 0.3) is 0 Å². The van der Waals surface area contributed by atoms with Crippen molar-refractivity contribution in [3.8, 4) is 0 Å². The van der Waals surface area contributed by atoms with E-state index in [1.165, 1.54) is 38.5 Å². The van der Waals surface area contributed by atoms with Crippen molar-refractivity contribution in [2.45, 2.75) is 4.90 Å². The van der Waals surface area contributed by atoms with Crippen molar-refractivity contribution in [1.82, 2.24) is 0 Å². The number of benzene rings is 1. The number of hydrogen-bond donors (Lipinski definition) is 1. The van der Waals surface area contributed by atoms with E-state index in [2.05, 4.69) is 0 Å². The Kier molecular flexibility index (Phi) is 3.64. The fraction of sp³-hybridized carbons (Fsp3) is 0.250. The molecule has 15 heavy (non-hydrogen) atoms. The molecule has 1 N–H and O–H groups in total. The van der Waals surface area contributed by atoms with Crippen molar-refractivity contribution in [2.75, 3.05) is 19.4 Å². The second kappa shape index (κ2) is 4.58. The van der Waals surface area contributed by atoms with E-state index >= 15 is 0 Å². The van der Waals surface area contributed by atoms with E-state index in [1.807, 2.05) is 0 Å². The molecule has 0 saturated heterocycles. The Hall–Kier alpha value is -1.15. The zero-order valence-electron chi connectivity index (χ0n) is 8.25. The molecule has 7 heteroatoms. The minimum absolute atomic E-state index is 0.182. The van der Waals surface area contributed by atoms with Gasteiger partial charge in [-0.3, -0.25) is 14.2 Å². The van der Waals surface area contributed by atoms with Crippen molar-refractivity contribution in [3.05, 3.63) is 24.3 Å². The molecular weight excluding hydrogens is 222 g/mol. The highest BCUT2D eigenvalue weighted by Crippen LogP contribution is 2.17. The number of rotatable bonds is 4. The molecule has 1 aromatic carbocycles. The van der Waals surface area contributed by atoms with Gasteiger partial charge in [-0.25, -0.2) is 0 Å². The van der Waals surface area contributed by atoms with Gasteiger partial charge in [-0.05, 0) is 24.3 Å². The molecule has 84 valence electrons. The first-order valence-electron chi connectivity index (χ1n) is 3.95. The first-order valence-corrected chi connectivity index (χ1v) is 5.39. The number of nitrogens with zero attached hydrogens (tertiary/aromatic N) is 1. The van der Waals surface area contributed by atoms with E-state index in [-0.39, 0.29) is 4.90 Å². The zero-order valence-corrected chi connectivity index (χ0v) is 9.06. The Balaban J connectivity index is 3.00. The molecule has 0 aliphatic heterocycles. The predicted octanol–water partition coefficient (Wildman–Crippen LogP) is 0.863. The Bertz CT molecular complexity index is 409. The van der Waals surface area contributed by atoms with Gasteiger partial charge < -0.3 is 0 Å². The molecule has 0 heterocycles. The highest BCUT2D eigenvalue weighted by atomic mass is 32.2. The highest BCUT2D eigenvalue weighted by Gasteiger charge is 2.10. The van der Waals surface area contributed by atoms with Crippen molar-refractivity contribution in [2.24, 2.45) is 0 Å². The minimum Gasteiger partial charge on any atom is -0.282 e. The summed E-state index contributed by atoms with van der Waals surface area (Å²) in [4.78, 5) is 9.44. The van der Waals surface area contributed by atoms with Gasteiger partial charge in [0.1, 0.15) is 0 Å². The number of hydrogen-bond acceptors (Lipinski definition) is 5. The average molecular weight is 233 g/mol. The highest BCUT2D eigenvalue weighted by molar-refractivity contribution is 7.85. The van der Waals surface area contributed by atoms with Gasteiger partial charge in [0.2, 0.25) is 0 Å². The van der Waals surface area contributed by atoms with Crippen molar-refractivity contribution in [3.63, 3.8) is 0 Å². The summed E-state index contributed by atoms with van der Waals surface area (Å²) in [5.41, 5.74) is 0.507. The minimum atomic E-state index is -4.16. The first kappa shape index (κ1) is 11.9. The van der Waals surface area contributed by atoms with Gasteiger partial charge in [0.25, 0.3) is 10.1 Å². The van der Waals surface area contributed by atoms with Crippen LogP contribution in [0.2, 0.25) is 0 Å². The Morgan fingerprint density at radius 2 is 1.60 bits per heavy atom. The second-order valence-electron chi connectivity index (χ2n) is 2.59. The summed E-state index contributed by atoms with van der Waals surface area (Å²) in [5.74, 6) is 0. The van der Waals surface area contributed by atoms with E-state index in [4.69, 9.17) is 14.2 Å². The van der Waals surface area contributed by atoms with Crippen LogP contribution in [-0.4, -0.2) is 27.2 Å². The summed E-state index contributed by atoms with van der Waals surface area (Å²) in [6, 6.07) is 5.37. The summed E-state index contributed by atoms with van der Waals surface area (Å²) in [6.45, 7) is 0. The quantitative estimate of drug-likeness (QED) is 0.614. The van der Waals surface area contributed by atoms with Crippen LogP contribution in [0.5, 0.6) is 0 Å². The van der Waals surface area contributed by atoms with Crippen LogP contribution in [0.3, 0.4) is 0 Å². The molecule has 0 radical (unpaired) electrons. The molecule has 0 bridgehead atoms. The smallest absolute Gasteiger partial charge is 0.282 e. The zero-order chi connectivity index (χ0) is 11.5. The van der Waals surface area contributed by atoms with Gasteiger partial charge in [0, 0.05) is 0 Å². The third-order valence-electron chi connectivity index (χ3n) is 1.68. The van der Waals surface area contributed by atoms with E-state index in [0.717, 1.165) is 5.23 Å². The van der Waals surface area contributed by atoms with Crippen molar-refractivity contribution >= 4 is 15.8 Å². The topological polar surface area (TPSA) is 76.1 Å².